The van der Waals surface area contributed by atoms with Gasteiger partial charge in [-0.3, -0.25) is 4.79 Å². The minimum absolute atomic E-state index is 0.0524. The lowest BCUT2D eigenvalue weighted by molar-refractivity contribution is -0.133. The fourth-order valence-electron chi connectivity index (χ4n) is 3.25. The molecule has 1 aliphatic carbocycles. The van der Waals surface area contributed by atoms with E-state index in [1.54, 1.807) is 0 Å². The summed E-state index contributed by atoms with van der Waals surface area (Å²) >= 11 is 0. The molecule has 1 saturated carbocycles. The summed E-state index contributed by atoms with van der Waals surface area (Å²) in [5.41, 5.74) is 8.74. The molecule has 3 rings (SSSR count). The predicted octanol–water partition coefficient (Wildman–Crippen LogP) is 2.44. The first-order valence-electron chi connectivity index (χ1n) is 7.76. The Hall–Kier alpha value is -1.35. The molecular weight excluding hydrogens is 248 g/mol. The lowest BCUT2D eigenvalue weighted by Crippen LogP contribution is -2.34. The van der Waals surface area contributed by atoms with Crippen molar-refractivity contribution >= 4 is 5.91 Å². The fraction of sp³-hybridized carbons (Fsp3) is 0.588. The number of hydrogen-bond donors (Lipinski definition) is 1. The highest BCUT2D eigenvalue weighted by Crippen LogP contribution is 2.44. The Morgan fingerprint density at radius 3 is 2.60 bits per heavy atom. The Balaban J connectivity index is 1.72. The summed E-state index contributed by atoms with van der Waals surface area (Å²) in [6.07, 6.45) is 5.25. The molecule has 1 saturated heterocycles. The summed E-state index contributed by atoms with van der Waals surface area (Å²) in [7, 11) is 0. The molecular formula is C17H24N2O. The van der Waals surface area contributed by atoms with Crippen molar-refractivity contribution in [1.82, 2.24) is 4.90 Å². The molecule has 0 radical (unpaired) electrons. The first-order chi connectivity index (χ1) is 9.60. The van der Waals surface area contributed by atoms with E-state index in [9.17, 15) is 4.79 Å². The number of carbonyl (C=O) groups is 1. The van der Waals surface area contributed by atoms with E-state index in [0.717, 1.165) is 45.2 Å². The maximum Gasteiger partial charge on any atom is 0.225 e. The average molecular weight is 272 g/mol. The number of hydrogen-bond acceptors (Lipinski definition) is 2. The van der Waals surface area contributed by atoms with E-state index in [1.807, 2.05) is 11.8 Å². The molecule has 3 nitrogen and oxygen atoms in total. The Labute approximate surface area is 121 Å². The van der Waals surface area contributed by atoms with Gasteiger partial charge in [0, 0.05) is 24.5 Å². The van der Waals surface area contributed by atoms with Crippen molar-refractivity contribution < 1.29 is 4.79 Å². The predicted molar refractivity (Wildman–Crippen MR) is 80.2 cm³/mol. The number of rotatable bonds is 4. The fourth-order valence-corrected chi connectivity index (χ4v) is 3.25. The maximum atomic E-state index is 12.4. The molecule has 20 heavy (non-hydrogen) atoms. The molecule has 1 amide bonds. The van der Waals surface area contributed by atoms with Crippen LogP contribution in [0.3, 0.4) is 0 Å². The lowest BCUT2D eigenvalue weighted by atomic mass is 9.91. The molecule has 1 unspecified atom stereocenters. The monoisotopic (exact) mass is 272 g/mol. The van der Waals surface area contributed by atoms with E-state index in [-0.39, 0.29) is 11.5 Å². The molecule has 0 bridgehead atoms. The minimum atomic E-state index is -0.118. The van der Waals surface area contributed by atoms with Gasteiger partial charge < -0.3 is 10.6 Å². The van der Waals surface area contributed by atoms with Gasteiger partial charge in [-0.05, 0) is 43.2 Å². The molecule has 3 heteroatoms. The second-order valence-corrected chi connectivity index (χ2v) is 6.45. The second kappa shape index (κ2) is 5.21. The zero-order valence-corrected chi connectivity index (χ0v) is 12.3. The number of nitrogens with zero attached hydrogens (tertiary/aromatic N) is 1. The van der Waals surface area contributed by atoms with Crippen molar-refractivity contribution in [2.24, 2.45) is 11.7 Å². The van der Waals surface area contributed by atoms with E-state index < -0.39 is 0 Å². The summed E-state index contributed by atoms with van der Waals surface area (Å²) in [6.45, 7) is 3.92. The summed E-state index contributed by atoms with van der Waals surface area (Å²) in [4.78, 5) is 14.4. The molecule has 2 fully saturated rings. The van der Waals surface area contributed by atoms with Crippen LogP contribution in [-0.4, -0.2) is 23.9 Å². The molecule has 2 aliphatic rings. The van der Waals surface area contributed by atoms with Crippen molar-refractivity contribution in [3.8, 4) is 0 Å². The third-order valence-electron chi connectivity index (χ3n) is 4.71. The number of carbonyl (C=O) groups excluding carboxylic acids is 1. The van der Waals surface area contributed by atoms with Crippen LogP contribution in [0.1, 0.15) is 43.7 Å². The largest absolute Gasteiger partial charge is 0.342 e. The van der Waals surface area contributed by atoms with Crippen molar-refractivity contribution in [2.75, 3.05) is 13.1 Å². The third-order valence-corrected chi connectivity index (χ3v) is 4.71. The molecule has 0 spiro atoms. The molecule has 1 aliphatic heterocycles. The van der Waals surface area contributed by atoms with Crippen LogP contribution < -0.4 is 5.73 Å². The smallest absolute Gasteiger partial charge is 0.225 e. The van der Waals surface area contributed by atoms with Gasteiger partial charge in [0.05, 0.1) is 0 Å². The van der Waals surface area contributed by atoms with Gasteiger partial charge in [0.15, 0.2) is 0 Å². The highest BCUT2D eigenvalue weighted by atomic mass is 16.2. The van der Waals surface area contributed by atoms with Crippen LogP contribution in [0.4, 0.5) is 0 Å². The number of benzene rings is 1. The zero-order valence-electron chi connectivity index (χ0n) is 12.3. The topological polar surface area (TPSA) is 46.3 Å². The maximum absolute atomic E-state index is 12.4. The van der Waals surface area contributed by atoms with Crippen LogP contribution in [-0.2, 0) is 16.8 Å². The van der Waals surface area contributed by atoms with E-state index >= 15 is 0 Å². The van der Waals surface area contributed by atoms with Crippen molar-refractivity contribution in [1.29, 1.82) is 0 Å². The first-order valence-corrected chi connectivity index (χ1v) is 7.76. The SMILES string of the molecule is CC(Cc1ccccc1C1(N)CC1)C(=O)N1CCCC1. The van der Waals surface area contributed by atoms with Crippen LogP contribution in [0.2, 0.25) is 0 Å². The first kappa shape index (κ1) is 13.6. The Kier molecular flexibility index (Phi) is 3.55. The summed E-state index contributed by atoms with van der Waals surface area (Å²) in [5, 5.41) is 0. The van der Waals surface area contributed by atoms with E-state index in [0.29, 0.717) is 5.91 Å². The summed E-state index contributed by atoms with van der Waals surface area (Å²) in [5.74, 6) is 0.357. The highest BCUT2D eigenvalue weighted by molar-refractivity contribution is 5.79. The zero-order chi connectivity index (χ0) is 14.2. The number of nitrogens with two attached hydrogens (primary N) is 1. The van der Waals surface area contributed by atoms with Crippen molar-refractivity contribution in [2.45, 2.75) is 44.6 Å². The Bertz CT molecular complexity index is 501. The standard InChI is InChI=1S/C17H24N2O/c1-13(16(20)19-10-4-5-11-19)12-14-6-2-3-7-15(14)17(18)8-9-17/h2-3,6-7,13H,4-5,8-12,18H2,1H3. The van der Waals surface area contributed by atoms with Gasteiger partial charge in [0.25, 0.3) is 0 Å². The van der Waals surface area contributed by atoms with Crippen LogP contribution in [0.25, 0.3) is 0 Å². The Morgan fingerprint density at radius 1 is 1.30 bits per heavy atom. The van der Waals surface area contributed by atoms with Crippen LogP contribution in [0, 0.1) is 5.92 Å². The van der Waals surface area contributed by atoms with Gasteiger partial charge in [-0.25, -0.2) is 0 Å². The van der Waals surface area contributed by atoms with E-state index in [2.05, 4.69) is 24.3 Å². The lowest BCUT2D eigenvalue weighted by Gasteiger charge is -2.22. The number of amides is 1. The van der Waals surface area contributed by atoms with Gasteiger partial charge in [-0.15, -0.1) is 0 Å². The second-order valence-electron chi connectivity index (χ2n) is 6.45. The molecule has 0 aromatic heterocycles. The van der Waals surface area contributed by atoms with Gasteiger partial charge in [-0.2, -0.15) is 0 Å². The Morgan fingerprint density at radius 2 is 1.95 bits per heavy atom. The molecule has 1 aromatic carbocycles. The van der Waals surface area contributed by atoms with Crippen molar-refractivity contribution in [3.63, 3.8) is 0 Å². The normalized spacial score (nSPS) is 21.8. The van der Waals surface area contributed by atoms with Crippen LogP contribution in [0.15, 0.2) is 24.3 Å². The molecule has 2 N–H and O–H groups in total. The number of likely N-dealkylation sites (tertiary alicyclic amines) is 1. The highest BCUT2D eigenvalue weighted by Gasteiger charge is 2.41. The minimum Gasteiger partial charge on any atom is -0.342 e. The molecule has 1 heterocycles. The quantitative estimate of drug-likeness (QED) is 0.915. The third kappa shape index (κ3) is 2.59. The molecule has 108 valence electrons. The summed E-state index contributed by atoms with van der Waals surface area (Å²) in [6, 6.07) is 8.38. The van der Waals surface area contributed by atoms with Gasteiger partial charge >= 0.3 is 0 Å². The summed E-state index contributed by atoms with van der Waals surface area (Å²) < 4.78 is 0. The van der Waals surface area contributed by atoms with Crippen molar-refractivity contribution in [3.05, 3.63) is 35.4 Å². The van der Waals surface area contributed by atoms with Gasteiger partial charge in [0.1, 0.15) is 0 Å². The van der Waals surface area contributed by atoms with Crippen LogP contribution >= 0.6 is 0 Å². The van der Waals surface area contributed by atoms with E-state index in [4.69, 9.17) is 5.73 Å². The van der Waals surface area contributed by atoms with Crippen LogP contribution in [0.5, 0.6) is 0 Å². The van der Waals surface area contributed by atoms with E-state index in [1.165, 1.54) is 11.1 Å². The molecule has 1 atom stereocenters. The van der Waals surface area contributed by atoms with Gasteiger partial charge in [0.2, 0.25) is 5.91 Å². The van der Waals surface area contributed by atoms with Gasteiger partial charge in [-0.1, -0.05) is 31.2 Å². The molecule has 1 aromatic rings. The average Bonchev–Trinajstić information content (AvgIpc) is 2.99.